The molecule has 4 heteroatoms. The van der Waals surface area contributed by atoms with Gasteiger partial charge >= 0.3 is 0 Å². The predicted octanol–water partition coefficient (Wildman–Crippen LogP) is 5.51. The van der Waals surface area contributed by atoms with Gasteiger partial charge in [-0.25, -0.2) is 0 Å². The Hall–Kier alpha value is -1.94. The first-order valence-electron chi connectivity index (χ1n) is 9.35. The lowest BCUT2D eigenvalue weighted by Gasteiger charge is -2.28. The Morgan fingerprint density at radius 3 is 2.52 bits per heavy atom. The molecule has 3 aromatic rings. The van der Waals surface area contributed by atoms with Crippen LogP contribution in [0.4, 0.5) is 0 Å². The first-order chi connectivity index (χ1) is 12.3. The fourth-order valence-electron chi connectivity index (χ4n) is 4.41. The van der Waals surface area contributed by atoms with Crippen LogP contribution < -0.4 is 0 Å². The van der Waals surface area contributed by atoms with Gasteiger partial charge in [0.2, 0.25) is 0 Å². The minimum atomic E-state index is 0.0741. The molecule has 1 aromatic carbocycles. The highest BCUT2D eigenvalue weighted by molar-refractivity contribution is 7.10. The second kappa shape index (κ2) is 5.80. The molecule has 0 aliphatic heterocycles. The fourth-order valence-corrected chi connectivity index (χ4v) is 5.40. The van der Waals surface area contributed by atoms with E-state index in [4.69, 9.17) is 10.2 Å². The van der Waals surface area contributed by atoms with Crippen molar-refractivity contribution in [3.05, 3.63) is 58.0 Å². The molecule has 0 N–H and O–H groups in total. The third kappa shape index (κ3) is 2.38. The molecule has 0 amide bonds. The number of aromatic nitrogens is 3. The van der Waals surface area contributed by atoms with Crippen molar-refractivity contribution in [1.29, 1.82) is 0 Å². The lowest BCUT2D eigenvalue weighted by Crippen LogP contribution is -2.27. The Bertz CT molecular complexity index is 884. The molecule has 2 saturated carbocycles. The van der Waals surface area contributed by atoms with E-state index >= 15 is 0 Å². The Morgan fingerprint density at radius 2 is 1.84 bits per heavy atom. The summed E-state index contributed by atoms with van der Waals surface area (Å²) >= 11 is 1.88. The average Bonchev–Trinajstić information content (AvgIpc) is 3.08. The van der Waals surface area contributed by atoms with Crippen molar-refractivity contribution >= 4 is 11.3 Å². The number of hydrogen-bond acceptors (Lipinski definition) is 3. The molecule has 0 radical (unpaired) electrons. The Kier molecular flexibility index (Phi) is 3.56. The summed E-state index contributed by atoms with van der Waals surface area (Å²) in [6, 6.07) is 13.6. The number of rotatable bonds is 4. The topological polar surface area (TPSA) is 30.7 Å². The summed E-state index contributed by atoms with van der Waals surface area (Å²) in [5, 5.41) is 11.8. The molecule has 2 fully saturated rings. The molecule has 3 nitrogen and oxygen atoms in total. The summed E-state index contributed by atoms with van der Waals surface area (Å²) < 4.78 is 2.49. The fraction of sp³-hybridized carbons (Fsp3) is 0.429. The monoisotopic (exact) mass is 349 g/mol. The smallest absolute Gasteiger partial charge is 0.164 e. The summed E-state index contributed by atoms with van der Waals surface area (Å²) in [6.45, 7) is 2.17. The summed E-state index contributed by atoms with van der Waals surface area (Å²) in [7, 11) is 0. The van der Waals surface area contributed by atoms with Gasteiger partial charge in [-0.2, -0.15) is 0 Å². The van der Waals surface area contributed by atoms with Crippen LogP contribution in [0.1, 0.15) is 60.8 Å². The Balaban J connectivity index is 1.71. The maximum Gasteiger partial charge on any atom is 0.164 e. The van der Waals surface area contributed by atoms with E-state index < -0.39 is 0 Å². The molecule has 0 bridgehead atoms. The van der Waals surface area contributed by atoms with E-state index in [1.807, 2.05) is 11.3 Å². The second-order valence-electron chi connectivity index (χ2n) is 7.53. The minimum absolute atomic E-state index is 0.0741. The second-order valence-corrected chi connectivity index (χ2v) is 8.48. The molecule has 2 aliphatic carbocycles. The number of aryl methyl sites for hydroxylation is 1. The van der Waals surface area contributed by atoms with Gasteiger partial charge in [0.1, 0.15) is 5.82 Å². The SMILES string of the molecule is Cc1ccccc1-c1nnc(C2(c3cccs3)CCCC2)n1C1CC1. The molecule has 0 atom stereocenters. The zero-order valence-corrected chi connectivity index (χ0v) is 15.4. The lowest BCUT2D eigenvalue weighted by atomic mass is 9.83. The van der Waals surface area contributed by atoms with Crippen molar-refractivity contribution in [2.24, 2.45) is 0 Å². The van der Waals surface area contributed by atoms with E-state index in [2.05, 4.69) is 53.3 Å². The highest BCUT2D eigenvalue weighted by Gasteiger charge is 2.45. The van der Waals surface area contributed by atoms with Crippen molar-refractivity contribution in [2.75, 3.05) is 0 Å². The molecule has 25 heavy (non-hydrogen) atoms. The molecule has 0 saturated heterocycles. The van der Waals surface area contributed by atoms with Crippen molar-refractivity contribution in [3.8, 4) is 11.4 Å². The van der Waals surface area contributed by atoms with Gasteiger partial charge in [0.25, 0.3) is 0 Å². The molecule has 0 unspecified atom stereocenters. The zero-order chi connectivity index (χ0) is 16.9. The predicted molar refractivity (Wildman–Crippen MR) is 102 cm³/mol. The van der Waals surface area contributed by atoms with Crippen LogP contribution in [0.25, 0.3) is 11.4 Å². The quantitative estimate of drug-likeness (QED) is 0.622. The van der Waals surface area contributed by atoms with Crippen molar-refractivity contribution in [3.63, 3.8) is 0 Å². The molecule has 2 heterocycles. The largest absolute Gasteiger partial charge is 0.307 e. The lowest BCUT2D eigenvalue weighted by molar-refractivity contribution is 0.475. The summed E-state index contributed by atoms with van der Waals surface area (Å²) in [5.74, 6) is 2.28. The number of nitrogens with zero attached hydrogens (tertiary/aromatic N) is 3. The van der Waals surface area contributed by atoms with Crippen molar-refractivity contribution in [1.82, 2.24) is 14.8 Å². The highest BCUT2D eigenvalue weighted by atomic mass is 32.1. The number of hydrogen-bond donors (Lipinski definition) is 0. The van der Waals surface area contributed by atoms with E-state index in [0.717, 1.165) is 5.82 Å². The van der Waals surface area contributed by atoms with Gasteiger partial charge in [0.05, 0.1) is 5.41 Å². The van der Waals surface area contributed by atoms with Crippen LogP contribution in [0.15, 0.2) is 41.8 Å². The van der Waals surface area contributed by atoms with Gasteiger partial charge in [0.15, 0.2) is 5.82 Å². The van der Waals surface area contributed by atoms with Gasteiger partial charge in [-0.05, 0) is 49.6 Å². The van der Waals surface area contributed by atoms with Crippen LogP contribution in [0.5, 0.6) is 0 Å². The normalized spacial score (nSPS) is 19.4. The average molecular weight is 350 g/mol. The van der Waals surface area contributed by atoms with Gasteiger partial charge in [-0.15, -0.1) is 21.5 Å². The summed E-state index contributed by atoms with van der Waals surface area (Å²) in [5.41, 5.74) is 2.58. The zero-order valence-electron chi connectivity index (χ0n) is 14.6. The van der Waals surface area contributed by atoms with Crippen LogP contribution in [-0.4, -0.2) is 14.8 Å². The molecular formula is C21H23N3S. The van der Waals surface area contributed by atoms with Crippen molar-refractivity contribution in [2.45, 2.75) is 56.9 Å². The Labute approximate surface area is 152 Å². The highest BCUT2D eigenvalue weighted by Crippen LogP contribution is 2.50. The summed E-state index contributed by atoms with van der Waals surface area (Å²) in [6.07, 6.45) is 7.48. The van der Waals surface area contributed by atoms with Gasteiger partial charge in [0, 0.05) is 16.5 Å². The third-order valence-corrected chi connectivity index (χ3v) is 6.95. The van der Waals surface area contributed by atoms with Gasteiger partial charge in [-0.3, -0.25) is 0 Å². The third-order valence-electron chi connectivity index (χ3n) is 5.87. The summed E-state index contributed by atoms with van der Waals surface area (Å²) in [4.78, 5) is 1.47. The standard InChI is InChI=1S/C21H23N3S/c1-15-7-2-3-8-17(15)19-22-23-20(24(19)16-10-11-16)21(12-4-5-13-21)18-9-6-14-25-18/h2-3,6-9,14,16H,4-5,10-13H2,1H3. The molecule has 128 valence electrons. The maximum atomic E-state index is 4.82. The first kappa shape index (κ1) is 15.3. The Morgan fingerprint density at radius 1 is 1.04 bits per heavy atom. The molecule has 2 aromatic heterocycles. The van der Waals surface area contributed by atoms with Crippen LogP contribution in [0.3, 0.4) is 0 Å². The van der Waals surface area contributed by atoms with Crippen LogP contribution in [0, 0.1) is 6.92 Å². The number of benzene rings is 1. The van der Waals surface area contributed by atoms with E-state index in [1.165, 1.54) is 60.4 Å². The van der Waals surface area contributed by atoms with E-state index in [-0.39, 0.29) is 5.41 Å². The van der Waals surface area contributed by atoms with E-state index in [0.29, 0.717) is 6.04 Å². The minimum Gasteiger partial charge on any atom is -0.307 e. The van der Waals surface area contributed by atoms with Crippen molar-refractivity contribution < 1.29 is 0 Å². The molecule has 2 aliphatic rings. The van der Waals surface area contributed by atoms with Crippen LogP contribution in [-0.2, 0) is 5.41 Å². The van der Waals surface area contributed by atoms with Gasteiger partial charge < -0.3 is 4.57 Å². The molecular weight excluding hydrogens is 326 g/mol. The number of thiophene rings is 1. The first-order valence-corrected chi connectivity index (χ1v) is 10.2. The maximum absolute atomic E-state index is 4.82. The van der Waals surface area contributed by atoms with E-state index in [1.54, 1.807) is 0 Å². The van der Waals surface area contributed by atoms with Crippen LogP contribution >= 0.6 is 11.3 Å². The van der Waals surface area contributed by atoms with E-state index in [9.17, 15) is 0 Å². The van der Waals surface area contributed by atoms with Crippen LogP contribution in [0.2, 0.25) is 0 Å². The molecule has 5 rings (SSSR count). The molecule has 0 spiro atoms. The van der Waals surface area contributed by atoms with Gasteiger partial charge in [-0.1, -0.05) is 43.2 Å².